The number of methoxy groups -OCH3 is 1. The highest BCUT2D eigenvalue weighted by Gasteiger charge is 2.11. The van der Waals surface area contributed by atoms with Gasteiger partial charge in [0.05, 0.1) is 17.0 Å². The number of hydrogen-bond donors (Lipinski definition) is 2. The Kier molecular flexibility index (Phi) is 6.41. The quantitative estimate of drug-likeness (QED) is 0.771. The van der Waals surface area contributed by atoms with Crippen LogP contribution in [0, 0.1) is 0 Å². The van der Waals surface area contributed by atoms with Crippen LogP contribution < -0.4 is 14.8 Å². The summed E-state index contributed by atoms with van der Waals surface area (Å²) in [6, 6.07) is 11.4. The summed E-state index contributed by atoms with van der Waals surface area (Å²) < 4.78 is 30.6. The van der Waals surface area contributed by atoms with E-state index in [9.17, 15) is 13.2 Å². The second kappa shape index (κ2) is 8.33. The number of ether oxygens (including phenoxy) is 1. The first-order valence-electron chi connectivity index (χ1n) is 7.51. The highest BCUT2D eigenvalue weighted by Crippen LogP contribution is 2.27. The largest absolute Gasteiger partial charge is 0.495 e. The van der Waals surface area contributed by atoms with E-state index in [1.165, 1.54) is 26.3 Å². The summed E-state index contributed by atoms with van der Waals surface area (Å²) in [5, 5.41) is 3.18. The smallest absolute Gasteiger partial charge is 0.240 e. The molecule has 0 saturated heterocycles. The monoisotopic (exact) mass is 382 g/mol. The van der Waals surface area contributed by atoms with E-state index < -0.39 is 10.0 Å². The third kappa shape index (κ3) is 5.19. The Labute approximate surface area is 152 Å². The molecule has 8 heteroatoms. The SMILES string of the molecule is CNS(=O)(=O)c1ccc(CCC(=O)Nc2ccc(OC)c(Cl)c2)cc1. The Balaban J connectivity index is 1.93. The second-order valence-electron chi connectivity index (χ2n) is 5.25. The molecule has 25 heavy (non-hydrogen) atoms. The molecule has 2 aromatic carbocycles. The van der Waals surface area contributed by atoms with Gasteiger partial charge in [0.25, 0.3) is 0 Å². The average molecular weight is 383 g/mol. The predicted molar refractivity (Wildman–Crippen MR) is 97.6 cm³/mol. The number of halogens is 1. The normalized spacial score (nSPS) is 11.2. The summed E-state index contributed by atoms with van der Waals surface area (Å²) in [6.45, 7) is 0. The summed E-state index contributed by atoms with van der Waals surface area (Å²) in [5.74, 6) is 0.379. The fourth-order valence-corrected chi connectivity index (χ4v) is 3.17. The number of anilines is 1. The Hall–Kier alpha value is -2.09. The molecule has 0 unspecified atom stereocenters. The van der Waals surface area contributed by atoms with Gasteiger partial charge in [0, 0.05) is 12.1 Å². The molecular formula is C17H19ClN2O4S. The van der Waals surface area contributed by atoms with E-state index in [-0.39, 0.29) is 17.2 Å². The van der Waals surface area contributed by atoms with Crippen LogP contribution in [-0.4, -0.2) is 28.5 Å². The van der Waals surface area contributed by atoms with Gasteiger partial charge >= 0.3 is 0 Å². The van der Waals surface area contributed by atoms with Gasteiger partial charge in [-0.1, -0.05) is 23.7 Å². The molecule has 0 aliphatic heterocycles. The van der Waals surface area contributed by atoms with Crippen molar-refractivity contribution in [3.63, 3.8) is 0 Å². The molecule has 0 saturated carbocycles. The number of aryl methyl sites for hydroxylation is 1. The highest BCUT2D eigenvalue weighted by molar-refractivity contribution is 7.89. The first-order valence-corrected chi connectivity index (χ1v) is 9.37. The van der Waals surface area contributed by atoms with Gasteiger partial charge < -0.3 is 10.1 Å². The molecule has 0 bridgehead atoms. The number of carbonyl (C=O) groups excluding carboxylic acids is 1. The zero-order chi connectivity index (χ0) is 18.4. The van der Waals surface area contributed by atoms with Crippen molar-refractivity contribution >= 4 is 33.2 Å². The molecule has 0 radical (unpaired) electrons. The van der Waals surface area contributed by atoms with Crippen molar-refractivity contribution in [3.8, 4) is 5.75 Å². The number of nitrogens with one attached hydrogen (secondary N) is 2. The minimum Gasteiger partial charge on any atom is -0.495 e. The zero-order valence-electron chi connectivity index (χ0n) is 13.9. The Morgan fingerprint density at radius 1 is 1.16 bits per heavy atom. The van der Waals surface area contributed by atoms with Crippen LogP contribution in [0.3, 0.4) is 0 Å². The minimum atomic E-state index is -3.45. The second-order valence-corrected chi connectivity index (χ2v) is 7.54. The number of carbonyl (C=O) groups is 1. The minimum absolute atomic E-state index is 0.159. The molecule has 0 aromatic heterocycles. The molecule has 0 aliphatic rings. The van der Waals surface area contributed by atoms with Gasteiger partial charge in [-0.05, 0) is 49.4 Å². The van der Waals surface area contributed by atoms with E-state index in [0.29, 0.717) is 22.9 Å². The molecule has 134 valence electrons. The van der Waals surface area contributed by atoms with Crippen molar-refractivity contribution in [1.29, 1.82) is 0 Å². The van der Waals surface area contributed by atoms with E-state index in [0.717, 1.165) is 5.56 Å². The molecule has 0 spiro atoms. The molecule has 2 rings (SSSR count). The Morgan fingerprint density at radius 2 is 1.84 bits per heavy atom. The zero-order valence-corrected chi connectivity index (χ0v) is 15.4. The Bertz CT molecular complexity index is 851. The van der Waals surface area contributed by atoms with Gasteiger partial charge in [-0.25, -0.2) is 13.1 Å². The summed E-state index contributed by atoms with van der Waals surface area (Å²) in [6.07, 6.45) is 0.761. The maximum absolute atomic E-state index is 12.0. The lowest BCUT2D eigenvalue weighted by Crippen LogP contribution is -2.18. The molecule has 0 heterocycles. The van der Waals surface area contributed by atoms with Crippen molar-refractivity contribution in [1.82, 2.24) is 4.72 Å². The standard InChI is InChI=1S/C17H19ClN2O4S/c1-19-25(22,23)14-7-3-12(4-8-14)5-10-17(21)20-13-6-9-16(24-2)15(18)11-13/h3-4,6-9,11,19H,5,10H2,1-2H3,(H,20,21). The molecule has 0 atom stereocenters. The summed E-state index contributed by atoms with van der Waals surface area (Å²) in [5.41, 5.74) is 1.46. The van der Waals surface area contributed by atoms with Crippen molar-refractivity contribution < 1.29 is 17.9 Å². The molecule has 0 fully saturated rings. The van der Waals surface area contributed by atoms with Crippen LogP contribution in [-0.2, 0) is 21.2 Å². The van der Waals surface area contributed by atoms with Crippen LogP contribution in [0.1, 0.15) is 12.0 Å². The fourth-order valence-electron chi connectivity index (χ4n) is 2.18. The third-order valence-electron chi connectivity index (χ3n) is 3.58. The first-order chi connectivity index (χ1) is 11.9. The van der Waals surface area contributed by atoms with E-state index in [4.69, 9.17) is 16.3 Å². The number of sulfonamides is 1. The van der Waals surface area contributed by atoms with Crippen LogP contribution in [0.25, 0.3) is 0 Å². The van der Waals surface area contributed by atoms with E-state index in [1.807, 2.05) is 0 Å². The molecular weight excluding hydrogens is 364 g/mol. The fraction of sp³-hybridized carbons (Fsp3) is 0.235. The van der Waals surface area contributed by atoms with Crippen LogP contribution in [0.4, 0.5) is 5.69 Å². The van der Waals surface area contributed by atoms with Crippen molar-refractivity contribution in [2.24, 2.45) is 0 Å². The summed E-state index contributed by atoms with van der Waals surface area (Å²) in [7, 11) is -0.568. The summed E-state index contributed by atoms with van der Waals surface area (Å²) in [4.78, 5) is 12.2. The van der Waals surface area contributed by atoms with Crippen molar-refractivity contribution in [3.05, 3.63) is 53.1 Å². The molecule has 2 aromatic rings. The number of amides is 1. The number of hydrogen-bond acceptors (Lipinski definition) is 4. The van der Waals surface area contributed by atoms with E-state index in [1.54, 1.807) is 30.3 Å². The van der Waals surface area contributed by atoms with Gasteiger partial charge in [-0.15, -0.1) is 0 Å². The van der Waals surface area contributed by atoms with Gasteiger partial charge in [0.1, 0.15) is 5.75 Å². The Morgan fingerprint density at radius 3 is 2.40 bits per heavy atom. The van der Waals surface area contributed by atoms with Gasteiger partial charge in [-0.2, -0.15) is 0 Å². The number of rotatable bonds is 7. The van der Waals surface area contributed by atoms with Crippen LogP contribution in [0.5, 0.6) is 5.75 Å². The van der Waals surface area contributed by atoms with E-state index >= 15 is 0 Å². The lowest BCUT2D eigenvalue weighted by Gasteiger charge is -2.08. The van der Waals surface area contributed by atoms with Crippen molar-refractivity contribution in [2.75, 3.05) is 19.5 Å². The van der Waals surface area contributed by atoms with Gasteiger partial charge in [-0.3, -0.25) is 4.79 Å². The van der Waals surface area contributed by atoms with Crippen LogP contribution in [0.2, 0.25) is 5.02 Å². The maximum Gasteiger partial charge on any atom is 0.240 e. The van der Waals surface area contributed by atoms with Gasteiger partial charge in [0.2, 0.25) is 15.9 Å². The lowest BCUT2D eigenvalue weighted by molar-refractivity contribution is -0.116. The molecule has 1 amide bonds. The predicted octanol–water partition coefficient (Wildman–Crippen LogP) is 2.83. The van der Waals surface area contributed by atoms with Crippen molar-refractivity contribution in [2.45, 2.75) is 17.7 Å². The maximum atomic E-state index is 12.0. The van der Waals surface area contributed by atoms with Gasteiger partial charge in [0.15, 0.2) is 0 Å². The lowest BCUT2D eigenvalue weighted by atomic mass is 10.1. The molecule has 0 aliphatic carbocycles. The number of benzene rings is 2. The van der Waals surface area contributed by atoms with E-state index in [2.05, 4.69) is 10.0 Å². The topological polar surface area (TPSA) is 84.5 Å². The first kappa shape index (κ1) is 19.2. The molecule has 2 N–H and O–H groups in total. The highest BCUT2D eigenvalue weighted by atomic mass is 35.5. The van der Waals surface area contributed by atoms with Crippen LogP contribution in [0.15, 0.2) is 47.4 Å². The average Bonchev–Trinajstić information content (AvgIpc) is 2.60. The summed E-state index contributed by atoms with van der Waals surface area (Å²) >= 11 is 6.02. The molecule has 6 nitrogen and oxygen atoms in total. The third-order valence-corrected chi connectivity index (χ3v) is 5.30. The van der Waals surface area contributed by atoms with Crippen LogP contribution >= 0.6 is 11.6 Å².